The summed E-state index contributed by atoms with van der Waals surface area (Å²) in [7, 11) is 0. The molecule has 0 bridgehead atoms. The Balaban J connectivity index is 1.38. The molecule has 0 aliphatic heterocycles. The number of rotatable bonds is 6. The van der Waals surface area contributed by atoms with E-state index in [4.69, 9.17) is 4.74 Å². The molecule has 1 amide bonds. The molecule has 8 heteroatoms. The van der Waals surface area contributed by atoms with Gasteiger partial charge in [0, 0.05) is 47.2 Å². The van der Waals surface area contributed by atoms with Crippen molar-refractivity contribution in [2.45, 2.75) is 13.5 Å². The molecule has 36 heavy (non-hydrogen) atoms. The highest BCUT2D eigenvalue weighted by atomic mass is 19.1. The van der Waals surface area contributed by atoms with Gasteiger partial charge in [-0.1, -0.05) is 18.2 Å². The lowest BCUT2D eigenvalue weighted by atomic mass is 10.0. The van der Waals surface area contributed by atoms with Crippen LogP contribution in [0.3, 0.4) is 0 Å². The molecule has 5 aromatic rings. The molecule has 0 saturated heterocycles. The number of carbonyl (C=O) groups is 1. The third kappa shape index (κ3) is 4.88. The molecule has 0 atom stereocenters. The lowest BCUT2D eigenvalue weighted by molar-refractivity contribution is 0.0949. The Bertz CT molecular complexity index is 1560. The van der Waals surface area contributed by atoms with Gasteiger partial charge in [0.1, 0.15) is 11.5 Å². The summed E-state index contributed by atoms with van der Waals surface area (Å²) in [5.41, 5.74) is 4.02. The zero-order valence-electron chi connectivity index (χ0n) is 19.2. The van der Waals surface area contributed by atoms with Gasteiger partial charge < -0.3 is 10.1 Å². The zero-order chi connectivity index (χ0) is 25.1. The third-order valence-corrected chi connectivity index (χ3v) is 5.72. The van der Waals surface area contributed by atoms with Crippen LogP contribution in [0.5, 0.6) is 11.5 Å². The maximum atomic E-state index is 13.3. The number of amides is 1. The van der Waals surface area contributed by atoms with Crippen LogP contribution in [0, 0.1) is 18.8 Å². The second-order valence-corrected chi connectivity index (χ2v) is 8.12. The number of ether oxygens (including phenoxy) is 1. The van der Waals surface area contributed by atoms with Crippen molar-refractivity contribution in [3.05, 3.63) is 114 Å². The lowest BCUT2D eigenvalue weighted by Crippen LogP contribution is -2.24. The van der Waals surface area contributed by atoms with E-state index in [1.54, 1.807) is 49.8 Å². The molecule has 5 rings (SSSR count). The first-order valence-corrected chi connectivity index (χ1v) is 11.1. The number of benzene rings is 2. The van der Waals surface area contributed by atoms with Gasteiger partial charge in [0.15, 0.2) is 0 Å². The number of nitrogens with one attached hydrogen (secondary N) is 1. The smallest absolute Gasteiger partial charge is 0.251 e. The van der Waals surface area contributed by atoms with Crippen molar-refractivity contribution in [1.82, 2.24) is 20.3 Å². The monoisotopic (exact) mass is 482 g/mol. The minimum atomic E-state index is -0.942. The summed E-state index contributed by atoms with van der Waals surface area (Å²) in [6, 6.07) is 18.8. The summed E-state index contributed by atoms with van der Waals surface area (Å²) in [6.45, 7) is 1.73. The van der Waals surface area contributed by atoms with Crippen molar-refractivity contribution in [3.63, 3.8) is 0 Å². The van der Waals surface area contributed by atoms with Gasteiger partial charge in [-0.15, -0.1) is 0 Å². The molecule has 1 N–H and O–H groups in total. The minimum absolute atomic E-state index is 0.0476. The van der Waals surface area contributed by atoms with Gasteiger partial charge in [-0.3, -0.25) is 14.8 Å². The van der Waals surface area contributed by atoms with Crippen LogP contribution >= 0.6 is 0 Å². The highest BCUT2D eigenvalue weighted by molar-refractivity contribution is 5.96. The van der Waals surface area contributed by atoms with Gasteiger partial charge in [-0.2, -0.15) is 13.8 Å². The molecule has 6 nitrogen and oxygen atoms in total. The molecular weight excluding hydrogens is 462 g/mol. The zero-order valence-corrected chi connectivity index (χ0v) is 19.2. The quantitative estimate of drug-likeness (QED) is 0.300. The van der Waals surface area contributed by atoms with Crippen molar-refractivity contribution in [2.24, 2.45) is 0 Å². The summed E-state index contributed by atoms with van der Waals surface area (Å²) >= 11 is 0. The Morgan fingerprint density at radius 2 is 1.75 bits per heavy atom. The molecular formula is C28H20F2N4O2. The van der Waals surface area contributed by atoms with E-state index in [-0.39, 0.29) is 12.1 Å². The van der Waals surface area contributed by atoms with Crippen molar-refractivity contribution in [3.8, 4) is 22.6 Å². The molecule has 0 spiro atoms. The first kappa shape index (κ1) is 23.0. The van der Waals surface area contributed by atoms with E-state index in [1.165, 1.54) is 0 Å². The minimum Gasteiger partial charge on any atom is -0.456 e. The number of carbonyl (C=O) groups excluding carboxylic acids is 1. The maximum absolute atomic E-state index is 13.3. The van der Waals surface area contributed by atoms with Gasteiger partial charge in [0.05, 0.1) is 5.52 Å². The molecule has 3 heterocycles. The van der Waals surface area contributed by atoms with Gasteiger partial charge in [-0.05, 0) is 66.6 Å². The van der Waals surface area contributed by atoms with Crippen molar-refractivity contribution in [1.29, 1.82) is 0 Å². The van der Waals surface area contributed by atoms with Crippen LogP contribution in [0.2, 0.25) is 0 Å². The first-order chi connectivity index (χ1) is 17.5. The second kappa shape index (κ2) is 9.87. The molecule has 178 valence electrons. The maximum Gasteiger partial charge on any atom is 0.251 e. The van der Waals surface area contributed by atoms with Crippen LogP contribution in [-0.2, 0) is 6.54 Å². The fourth-order valence-electron chi connectivity index (χ4n) is 3.91. The topological polar surface area (TPSA) is 77.0 Å². The van der Waals surface area contributed by atoms with Crippen LogP contribution in [0.15, 0.2) is 85.3 Å². The second-order valence-electron chi connectivity index (χ2n) is 8.12. The van der Waals surface area contributed by atoms with E-state index in [0.29, 0.717) is 22.6 Å². The summed E-state index contributed by atoms with van der Waals surface area (Å²) in [4.78, 5) is 24.5. The summed E-state index contributed by atoms with van der Waals surface area (Å²) < 4.78 is 32.9. The van der Waals surface area contributed by atoms with Crippen LogP contribution in [-0.4, -0.2) is 20.9 Å². The predicted molar refractivity (Wildman–Crippen MR) is 132 cm³/mol. The average Bonchev–Trinajstić information content (AvgIpc) is 2.88. The van der Waals surface area contributed by atoms with E-state index >= 15 is 0 Å². The van der Waals surface area contributed by atoms with E-state index in [9.17, 15) is 13.6 Å². The number of fused-ring (bicyclic) bond motifs is 1. The van der Waals surface area contributed by atoms with Gasteiger partial charge in [0.25, 0.3) is 5.91 Å². The van der Waals surface area contributed by atoms with Crippen LogP contribution in [0.25, 0.3) is 22.0 Å². The molecule has 0 aliphatic carbocycles. The highest BCUT2D eigenvalue weighted by Gasteiger charge is 2.15. The fourth-order valence-corrected chi connectivity index (χ4v) is 3.91. The highest BCUT2D eigenvalue weighted by Crippen LogP contribution is 2.33. The molecule has 0 radical (unpaired) electrons. The van der Waals surface area contributed by atoms with Crippen LogP contribution < -0.4 is 10.1 Å². The fraction of sp³-hybridized carbons (Fsp3) is 0.0714. The molecule has 0 saturated carbocycles. The van der Waals surface area contributed by atoms with E-state index < -0.39 is 17.8 Å². The van der Waals surface area contributed by atoms with Gasteiger partial charge >= 0.3 is 0 Å². The number of halogens is 2. The standard InChI is InChI=1S/C28H20F2N4O2/c1-17-21(28(35)33-15-18-12-26(29)34-27(30)13-18)5-2-6-24(17)36-25-9-11-32-23-14-19(7-8-22(23)25)20-4-3-10-31-16-20/h2-14,16H,15H2,1H3,(H,33,35). The Morgan fingerprint density at radius 3 is 2.53 bits per heavy atom. The number of nitrogens with zero attached hydrogens (tertiary/aromatic N) is 3. The molecule has 2 aromatic carbocycles. The number of hydrogen-bond donors (Lipinski definition) is 1. The van der Waals surface area contributed by atoms with Crippen molar-refractivity contribution >= 4 is 16.8 Å². The predicted octanol–water partition coefficient (Wildman–Crippen LogP) is 6.00. The number of hydrogen-bond acceptors (Lipinski definition) is 5. The van der Waals surface area contributed by atoms with Gasteiger partial charge in [0.2, 0.25) is 11.9 Å². The molecule has 0 unspecified atom stereocenters. The van der Waals surface area contributed by atoms with E-state index in [2.05, 4.69) is 20.3 Å². The Morgan fingerprint density at radius 1 is 0.917 bits per heavy atom. The SMILES string of the molecule is Cc1c(Oc2ccnc3cc(-c4cccnc4)ccc23)cccc1C(=O)NCc1cc(F)nc(F)c1. The third-order valence-electron chi connectivity index (χ3n) is 5.72. The molecule has 0 aliphatic rings. The van der Waals surface area contributed by atoms with E-state index in [1.807, 2.05) is 30.3 Å². The normalized spacial score (nSPS) is 10.9. The van der Waals surface area contributed by atoms with Crippen molar-refractivity contribution < 1.29 is 18.3 Å². The summed E-state index contributed by atoms with van der Waals surface area (Å²) in [5, 5.41) is 3.50. The first-order valence-electron chi connectivity index (χ1n) is 11.1. The summed E-state index contributed by atoms with van der Waals surface area (Å²) in [5.74, 6) is -1.17. The lowest BCUT2D eigenvalue weighted by Gasteiger charge is -2.14. The Labute approximate surface area is 205 Å². The van der Waals surface area contributed by atoms with Crippen LogP contribution in [0.1, 0.15) is 21.5 Å². The van der Waals surface area contributed by atoms with E-state index in [0.717, 1.165) is 34.2 Å². The number of pyridine rings is 3. The summed E-state index contributed by atoms with van der Waals surface area (Å²) in [6.07, 6.45) is 5.19. The average molecular weight is 482 g/mol. The van der Waals surface area contributed by atoms with Gasteiger partial charge in [-0.25, -0.2) is 0 Å². The molecule has 3 aromatic heterocycles. The molecule has 0 fully saturated rings. The largest absolute Gasteiger partial charge is 0.456 e. The Hall–Kier alpha value is -4.72. The van der Waals surface area contributed by atoms with Crippen LogP contribution in [0.4, 0.5) is 8.78 Å². The number of aromatic nitrogens is 3. The Kier molecular flexibility index (Phi) is 6.32. The van der Waals surface area contributed by atoms with Crippen molar-refractivity contribution in [2.75, 3.05) is 0 Å².